The number of rotatable bonds is 21. The Hall–Kier alpha value is -2.10. The number of carbonyl (C=O) groups is 4. The summed E-state index contributed by atoms with van der Waals surface area (Å²) in [5.41, 5.74) is 0. The Bertz CT molecular complexity index is 967. The molecule has 2 saturated heterocycles. The molecule has 5 N–H and O–H groups in total. The summed E-state index contributed by atoms with van der Waals surface area (Å²) in [6.45, 7) is 2.72. The number of thioether (sulfide) groups is 1. The van der Waals surface area contributed by atoms with E-state index in [0.717, 1.165) is 25.0 Å². The predicted molar refractivity (Wildman–Crippen MR) is 151 cm³/mol. The molecule has 4 atom stereocenters. The number of hydrogen-bond donors (Lipinski definition) is 5. The van der Waals surface area contributed by atoms with Gasteiger partial charge in [-0.2, -0.15) is 11.8 Å². The number of carboxylic acids is 1. The van der Waals surface area contributed by atoms with Gasteiger partial charge in [-0.05, 0) is 19.3 Å². The number of carbonyl (C=O) groups excluding carboxylic acids is 3. The Morgan fingerprint density at radius 3 is 2.15 bits per heavy atom. The van der Waals surface area contributed by atoms with Gasteiger partial charge >= 0.3 is 12.0 Å². The number of quaternary nitrogens is 1. The molecule has 0 aromatic carbocycles. The Balaban J connectivity index is 1.63. The second-order valence-corrected chi connectivity index (χ2v) is 13.7. The van der Waals surface area contributed by atoms with Gasteiger partial charge in [-0.1, -0.05) is 6.42 Å². The van der Waals surface area contributed by atoms with Crippen LogP contribution in [-0.4, -0.2) is 115 Å². The molecular formula is C25H45N5O8S2. The molecule has 0 aliphatic carbocycles. The predicted octanol–water partition coefficient (Wildman–Crippen LogP) is 0.362. The van der Waals surface area contributed by atoms with Crippen LogP contribution in [0.1, 0.15) is 64.2 Å². The molecule has 4 unspecified atom stereocenters. The molecule has 40 heavy (non-hydrogen) atoms. The van der Waals surface area contributed by atoms with Crippen molar-refractivity contribution in [2.24, 2.45) is 0 Å². The highest BCUT2D eigenvalue weighted by molar-refractivity contribution is 8.00. The molecule has 0 radical (unpaired) electrons. The number of nitrogens with one attached hydrogen (secondary N) is 4. The summed E-state index contributed by atoms with van der Waals surface area (Å²) in [5, 5.41) is 20.7. The van der Waals surface area contributed by atoms with E-state index >= 15 is 0 Å². The van der Waals surface area contributed by atoms with Crippen LogP contribution in [0.2, 0.25) is 0 Å². The molecular weight excluding hydrogens is 562 g/mol. The van der Waals surface area contributed by atoms with Crippen LogP contribution >= 0.6 is 11.8 Å². The number of fused-ring (bicyclic) bond motifs is 1. The molecule has 0 bridgehead atoms. The monoisotopic (exact) mass is 607 g/mol. The maximum Gasteiger partial charge on any atom is 0.315 e. The number of amides is 4. The molecule has 2 heterocycles. The van der Waals surface area contributed by atoms with Crippen molar-refractivity contribution in [2.45, 2.75) is 81.5 Å². The van der Waals surface area contributed by atoms with Gasteiger partial charge in [-0.15, -0.1) is 0 Å². The first-order valence-corrected chi connectivity index (χ1v) is 16.7. The molecule has 2 aliphatic heterocycles. The van der Waals surface area contributed by atoms with Crippen LogP contribution in [-0.2, 0) is 24.5 Å². The van der Waals surface area contributed by atoms with Crippen molar-refractivity contribution >= 4 is 45.7 Å². The van der Waals surface area contributed by atoms with E-state index in [-0.39, 0.29) is 55.6 Å². The highest BCUT2D eigenvalue weighted by Gasteiger charge is 2.42. The third kappa shape index (κ3) is 14.0. The topological polar surface area (TPSA) is 194 Å². The van der Waals surface area contributed by atoms with Gasteiger partial charge < -0.3 is 35.4 Å². The number of nitrogens with zero attached hydrogens (tertiary/aromatic N) is 1. The zero-order chi connectivity index (χ0) is 29.6. The first-order valence-electron chi connectivity index (χ1n) is 14.1. The summed E-state index contributed by atoms with van der Waals surface area (Å²) in [7, 11) is -2.32. The summed E-state index contributed by atoms with van der Waals surface area (Å²) in [6, 6.07) is 0.281. The average molecular weight is 608 g/mol. The standard InChI is InChI=1S/C25H45N5O8S2/c1-30(16-7-17-40(36,37)38,15-6-13-27-22(32)10-4-11-23(33)34)14-5-12-26-21(31)9-3-2-8-20-24-19(18-39-20)28-25(35)29-24/h19-20,24H,2-18H2,1H3,(H5-,26,27,28,29,31,32,33,34,35,36,37,38). The van der Waals surface area contributed by atoms with E-state index in [0.29, 0.717) is 61.7 Å². The SMILES string of the molecule is C[N+](CCCNC(=O)CCCCC1SCC2NC(=O)NC21)(CCCNC(=O)CCCC(=O)O)CCCS(=O)(=O)[O-]. The highest BCUT2D eigenvalue weighted by atomic mass is 32.2. The Morgan fingerprint density at radius 2 is 1.55 bits per heavy atom. The quantitative estimate of drug-likeness (QED) is 0.0530. The Labute approximate surface area is 241 Å². The van der Waals surface area contributed by atoms with Crippen LogP contribution in [0.15, 0.2) is 0 Å². The molecule has 13 nitrogen and oxygen atoms in total. The maximum atomic E-state index is 12.3. The fourth-order valence-corrected chi connectivity index (χ4v) is 7.21. The lowest BCUT2D eigenvalue weighted by molar-refractivity contribution is -0.909. The second-order valence-electron chi connectivity index (χ2n) is 10.9. The first kappa shape index (κ1) is 34.1. The van der Waals surface area contributed by atoms with Gasteiger partial charge in [0.1, 0.15) is 0 Å². The zero-order valence-corrected chi connectivity index (χ0v) is 25.0. The van der Waals surface area contributed by atoms with Crippen molar-refractivity contribution in [1.82, 2.24) is 21.3 Å². The lowest BCUT2D eigenvalue weighted by Crippen LogP contribution is -2.48. The number of urea groups is 1. The molecule has 15 heteroatoms. The lowest BCUT2D eigenvalue weighted by Gasteiger charge is -2.35. The third-order valence-corrected chi connectivity index (χ3v) is 9.66. The molecule has 230 valence electrons. The minimum absolute atomic E-state index is 0.00921. The van der Waals surface area contributed by atoms with Crippen LogP contribution in [0, 0.1) is 0 Å². The van der Waals surface area contributed by atoms with Crippen LogP contribution in [0.3, 0.4) is 0 Å². The summed E-state index contributed by atoms with van der Waals surface area (Å²) >= 11 is 1.86. The van der Waals surface area contributed by atoms with Gasteiger partial charge in [0.15, 0.2) is 0 Å². The van der Waals surface area contributed by atoms with Gasteiger partial charge in [-0.25, -0.2) is 13.2 Å². The van der Waals surface area contributed by atoms with Gasteiger partial charge in [0.2, 0.25) is 11.8 Å². The fourth-order valence-electron chi connectivity index (χ4n) is 5.19. The van der Waals surface area contributed by atoms with Crippen LogP contribution in [0.25, 0.3) is 0 Å². The Morgan fingerprint density at radius 1 is 0.950 bits per heavy atom. The lowest BCUT2D eigenvalue weighted by atomic mass is 10.0. The molecule has 0 aromatic rings. The van der Waals surface area contributed by atoms with E-state index in [1.807, 2.05) is 18.8 Å². The van der Waals surface area contributed by atoms with E-state index in [9.17, 15) is 32.1 Å². The number of hydrogen-bond acceptors (Lipinski definition) is 8. The number of aliphatic carboxylic acids is 1. The van der Waals surface area contributed by atoms with Crippen LogP contribution < -0.4 is 21.3 Å². The largest absolute Gasteiger partial charge is 0.748 e. The van der Waals surface area contributed by atoms with E-state index in [1.54, 1.807) is 0 Å². The third-order valence-electron chi connectivity index (χ3n) is 7.36. The molecule has 2 fully saturated rings. The molecule has 4 amide bonds. The van der Waals surface area contributed by atoms with E-state index in [2.05, 4.69) is 21.3 Å². The van der Waals surface area contributed by atoms with Gasteiger partial charge in [0, 0.05) is 68.4 Å². The van der Waals surface area contributed by atoms with Crippen molar-refractivity contribution in [2.75, 3.05) is 51.3 Å². The Kier molecular flexibility index (Phi) is 14.5. The summed E-state index contributed by atoms with van der Waals surface area (Å²) < 4.78 is 33.6. The molecule has 0 aromatic heterocycles. The van der Waals surface area contributed by atoms with Crippen molar-refractivity contribution < 1.29 is 41.7 Å². The van der Waals surface area contributed by atoms with Gasteiger partial charge in [0.25, 0.3) is 0 Å². The highest BCUT2D eigenvalue weighted by Crippen LogP contribution is 2.33. The molecule has 0 saturated carbocycles. The van der Waals surface area contributed by atoms with E-state index < -0.39 is 21.8 Å². The van der Waals surface area contributed by atoms with Crippen LogP contribution in [0.5, 0.6) is 0 Å². The van der Waals surface area contributed by atoms with E-state index in [4.69, 9.17) is 5.11 Å². The van der Waals surface area contributed by atoms with Crippen molar-refractivity contribution in [1.29, 1.82) is 0 Å². The zero-order valence-electron chi connectivity index (χ0n) is 23.3. The van der Waals surface area contributed by atoms with Gasteiger partial charge in [0.05, 0.1) is 48.9 Å². The number of unbranched alkanes of at least 4 members (excludes halogenated alkanes) is 1. The van der Waals surface area contributed by atoms with Crippen molar-refractivity contribution in [3.05, 3.63) is 0 Å². The summed E-state index contributed by atoms with van der Waals surface area (Å²) in [6.07, 6.45) is 5.02. The smallest absolute Gasteiger partial charge is 0.315 e. The fraction of sp³-hybridized carbons (Fsp3) is 0.840. The van der Waals surface area contributed by atoms with Crippen LogP contribution in [0.4, 0.5) is 4.79 Å². The minimum Gasteiger partial charge on any atom is -0.748 e. The van der Waals surface area contributed by atoms with Crippen molar-refractivity contribution in [3.8, 4) is 0 Å². The normalized spacial score (nSPS) is 21.6. The molecule has 2 rings (SSSR count). The average Bonchev–Trinajstić information content (AvgIpc) is 3.40. The second kappa shape index (κ2) is 17.0. The van der Waals surface area contributed by atoms with Gasteiger partial charge in [-0.3, -0.25) is 14.4 Å². The molecule has 2 aliphatic rings. The summed E-state index contributed by atoms with van der Waals surface area (Å²) in [4.78, 5) is 46.2. The molecule has 0 spiro atoms. The number of carboxylic acid groups (broad SMARTS) is 1. The first-order chi connectivity index (χ1) is 18.9. The summed E-state index contributed by atoms with van der Waals surface area (Å²) in [5.74, 6) is -0.661. The minimum atomic E-state index is -4.30. The maximum absolute atomic E-state index is 12.3. The van der Waals surface area contributed by atoms with E-state index in [1.165, 1.54) is 0 Å². The van der Waals surface area contributed by atoms with Crippen molar-refractivity contribution in [3.63, 3.8) is 0 Å².